The molecule has 3 unspecified atom stereocenters. The maximum Gasteiger partial charge on any atom is 0.160 e. The smallest absolute Gasteiger partial charge is 0.160 e. The van der Waals surface area contributed by atoms with Gasteiger partial charge in [0, 0.05) is 13.1 Å². The lowest BCUT2D eigenvalue weighted by Crippen LogP contribution is -2.46. The van der Waals surface area contributed by atoms with Crippen LogP contribution in [0.2, 0.25) is 0 Å². The molecule has 108 valence electrons. The molecule has 1 fully saturated rings. The second-order valence-corrected chi connectivity index (χ2v) is 5.17. The molecule has 1 N–H and O–H groups in total. The number of aromatic hydroxyl groups is 1. The molecule has 1 heterocycles. The quantitative estimate of drug-likeness (QED) is 0.915. The third kappa shape index (κ3) is 3.03. The van der Waals surface area contributed by atoms with E-state index in [0.29, 0.717) is 18.8 Å². The van der Waals surface area contributed by atoms with Crippen molar-refractivity contribution in [3.8, 4) is 17.6 Å². The van der Waals surface area contributed by atoms with Crippen LogP contribution in [0, 0.1) is 11.3 Å². The molecule has 3 atom stereocenters. The number of hydrogen-bond acceptors (Lipinski definition) is 5. The normalized spacial score (nSPS) is 24.9. The van der Waals surface area contributed by atoms with Crippen molar-refractivity contribution < 1.29 is 14.6 Å². The minimum absolute atomic E-state index is 0.0802. The van der Waals surface area contributed by atoms with E-state index in [2.05, 4.69) is 11.0 Å². The Hall–Kier alpha value is -1.77. The zero-order valence-corrected chi connectivity index (χ0v) is 12.0. The van der Waals surface area contributed by atoms with Gasteiger partial charge in [0.25, 0.3) is 0 Å². The number of hydrogen-bond donors (Lipinski definition) is 1. The first-order chi connectivity index (χ1) is 9.55. The van der Waals surface area contributed by atoms with Crippen molar-refractivity contribution in [3.63, 3.8) is 0 Å². The molecular formula is C15H20N2O3. The largest absolute Gasteiger partial charge is 0.504 e. The predicted molar refractivity (Wildman–Crippen MR) is 74.6 cm³/mol. The van der Waals surface area contributed by atoms with E-state index in [1.807, 2.05) is 13.8 Å². The fourth-order valence-electron chi connectivity index (χ4n) is 2.66. The fourth-order valence-corrected chi connectivity index (χ4v) is 2.66. The van der Waals surface area contributed by atoms with Gasteiger partial charge in [0.15, 0.2) is 11.5 Å². The van der Waals surface area contributed by atoms with Crippen molar-refractivity contribution in [2.24, 2.45) is 0 Å². The van der Waals surface area contributed by atoms with Gasteiger partial charge in [0.1, 0.15) is 6.04 Å². The first-order valence-corrected chi connectivity index (χ1v) is 6.71. The summed E-state index contributed by atoms with van der Waals surface area (Å²) in [5.41, 5.74) is 0.823. The summed E-state index contributed by atoms with van der Waals surface area (Å²) >= 11 is 0. The number of morpholine rings is 1. The van der Waals surface area contributed by atoms with Gasteiger partial charge in [-0.1, -0.05) is 6.07 Å². The van der Waals surface area contributed by atoms with Crippen LogP contribution in [0.4, 0.5) is 0 Å². The van der Waals surface area contributed by atoms with Crippen LogP contribution in [0.15, 0.2) is 18.2 Å². The lowest BCUT2D eigenvalue weighted by molar-refractivity contribution is -0.0750. The number of methoxy groups -OCH3 is 1. The van der Waals surface area contributed by atoms with E-state index in [0.717, 1.165) is 5.56 Å². The minimum Gasteiger partial charge on any atom is -0.504 e. The zero-order chi connectivity index (χ0) is 14.7. The number of rotatable bonds is 3. The maximum atomic E-state index is 9.64. The van der Waals surface area contributed by atoms with E-state index < -0.39 is 0 Å². The summed E-state index contributed by atoms with van der Waals surface area (Å²) in [6.07, 6.45) is 0.210. The van der Waals surface area contributed by atoms with Crippen molar-refractivity contribution in [1.29, 1.82) is 5.26 Å². The van der Waals surface area contributed by atoms with Crippen LogP contribution in [0.1, 0.15) is 25.5 Å². The second kappa shape index (κ2) is 6.12. The highest BCUT2D eigenvalue weighted by atomic mass is 16.5. The van der Waals surface area contributed by atoms with Gasteiger partial charge >= 0.3 is 0 Å². The van der Waals surface area contributed by atoms with Crippen LogP contribution in [0.5, 0.6) is 11.5 Å². The van der Waals surface area contributed by atoms with Crippen molar-refractivity contribution >= 4 is 0 Å². The lowest BCUT2D eigenvalue weighted by Gasteiger charge is -2.37. The van der Waals surface area contributed by atoms with Crippen molar-refractivity contribution in [3.05, 3.63) is 23.8 Å². The van der Waals surface area contributed by atoms with Crippen molar-refractivity contribution in [1.82, 2.24) is 4.90 Å². The minimum atomic E-state index is -0.363. The predicted octanol–water partition coefficient (Wildman–Crippen LogP) is 2.07. The van der Waals surface area contributed by atoms with E-state index >= 15 is 0 Å². The average Bonchev–Trinajstić information content (AvgIpc) is 2.40. The summed E-state index contributed by atoms with van der Waals surface area (Å²) in [7, 11) is 1.50. The number of benzene rings is 1. The summed E-state index contributed by atoms with van der Waals surface area (Å²) in [4.78, 5) is 2.10. The molecule has 20 heavy (non-hydrogen) atoms. The second-order valence-electron chi connectivity index (χ2n) is 5.17. The molecule has 5 heteroatoms. The van der Waals surface area contributed by atoms with E-state index in [1.54, 1.807) is 18.2 Å². The Morgan fingerprint density at radius 2 is 2.05 bits per heavy atom. The fraction of sp³-hybridized carbons (Fsp3) is 0.533. The van der Waals surface area contributed by atoms with Gasteiger partial charge in [-0.2, -0.15) is 5.26 Å². The maximum absolute atomic E-state index is 9.64. The number of nitrogens with zero attached hydrogens (tertiary/aromatic N) is 2. The molecule has 0 aromatic heterocycles. The van der Waals surface area contributed by atoms with Crippen LogP contribution in [0.3, 0.4) is 0 Å². The highest BCUT2D eigenvalue weighted by molar-refractivity contribution is 5.43. The van der Waals surface area contributed by atoms with Gasteiger partial charge in [-0.3, -0.25) is 4.90 Å². The summed E-state index contributed by atoms with van der Waals surface area (Å²) in [6.45, 7) is 5.44. The molecule has 2 rings (SSSR count). The Labute approximate surface area is 119 Å². The van der Waals surface area contributed by atoms with Gasteiger partial charge in [-0.25, -0.2) is 0 Å². The molecule has 0 spiro atoms. The molecule has 1 saturated heterocycles. The van der Waals surface area contributed by atoms with Crippen LogP contribution in [0.25, 0.3) is 0 Å². The van der Waals surface area contributed by atoms with E-state index in [9.17, 15) is 10.4 Å². The van der Waals surface area contributed by atoms with Gasteiger partial charge < -0.3 is 14.6 Å². The van der Waals surface area contributed by atoms with E-state index in [1.165, 1.54) is 7.11 Å². The molecule has 1 aromatic rings. The third-order valence-electron chi connectivity index (χ3n) is 3.45. The number of ether oxygens (including phenoxy) is 2. The zero-order valence-electron chi connectivity index (χ0n) is 12.0. The van der Waals surface area contributed by atoms with Crippen molar-refractivity contribution in [2.45, 2.75) is 32.1 Å². The molecule has 0 radical (unpaired) electrons. The Balaban J connectivity index is 2.26. The lowest BCUT2D eigenvalue weighted by atomic mass is 10.0. The van der Waals surface area contributed by atoms with Gasteiger partial charge in [0.05, 0.1) is 25.4 Å². The van der Waals surface area contributed by atoms with Crippen LogP contribution in [-0.2, 0) is 4.74 Å². The SMILES string of the molecule is COc1cc(C(C#N)N2CC(C)OC(C)C2)ccc1O. The van der Waals surface area contributed by atoms with Gasteiger partial charge in [-0.15, -0.1) is 0 Å². The molecule has 1 aliphatic heterocycles. The molecule has 0 saturated carbocycles. The van der Waals surface area contributed by atoms with E-state index in [-0.39, 0.29) is 24.0 Å². The molecule has 1 aromatic carbocycles. The summed E-state index contributed by atoms with van der Waals surface area (Å²) < 4.78 is 10.8. The molecule has 0 bridgehead atoms. The first kappa shape index (κ1) is 14.6. The molecule has 1 aliphatic rings. The molecule has 0 amide bonds. The van der Waals surface area contributed by atoms with Crippen LogP contribution >= 0.6 is 0 Å². The Morgan fingerprint density at radius 3 is 2.60 bits per heavy atom. The Kier molecular flexibility index (Phi) is 4.48. The summed E-state index contributed by atoms with van der Waals surface area (Å²) in [5.74, 6) is 0.466. The van der Waals surface area contributed by atoms with Gasteiger partial charge in [-0.05, 0) is 31.5 Å². The first-order valence-electron chi connectivity index (χ1n) is 6.71. The Bertz CT molecular complexity index is 502. The van der Waals surface area contributed by atoms with Crippen LogP contribution < -0.4 is 4.74 Å². The average molecular weight is 276 g/mol. The third-order valence-corrected chi connectivity index (χ3v) is 3.45. The monoisotopic (exact) mass is 276 g/mol. The van der Waals surface area contributed by atoms with Gasteiger partial charge in [0.2, 0.25) is 0 Å². The highest BCUT2D eigenvalue weighted by Gasteiger charge is 2.29. The standard InChI is InChI=1S/C15H20N2O3/c1-10-8-17(9-11(2)20-10)13(7-16)12-4-5-14(18)15(6-12)19-3/h4-6,10-11,13,18H,8-9H2,1-3H3. The summed E-state index contributed by atoms with van der Waals surface area (Å²) in [5, 5.41) is 19.1. The summed E-state index contributed by atoms with van der Waals surface area (Å²) in [6, 6.07) is 7.01. The van der Waals surface area contributed by atoms with E-state index in [4.69, 9.17) is 9.47 Å². The molecule has 5 nitrogen and oxygen atoms in total. The molecular weight excluding hydrogens is 256 g/mol. The van der Waals surface area contributed by atoms with Crippen molar-refractivity contribution in [2.75, 3.05) is 20.2 Å². The topological polar surface area (TPSA) is 65.7 Å². The Morgan fingerprint density at radius 1 is 1.40 bits per heavy atom. The number of nitriles is 1. The number of phenolic OH excluding ortho intramolecular Hbond substituents is 1. The number of phenols is 1. The highest BCUT2D eigenvalue weighted by Crippen LogP contribution is 2.32. The molecule has 0 aliphatic carbocycles. The van der Waals surface area contributed by atoms with Crippen LogP contribution in [-0.4, -0.2) is 42.4 Å².